The van der Waals surface area contributed by atoms with Crippen LogP contribution in [0.25, 0.3) is 17.1 Å². The van der Waals surface area contributed by atoms with Gasteiger partial charge in [0, 0.05) is 18.3 Å². The third-order valence-electron chi connectivity index (χ3n) is 4.68. The molecule has 156 valence electrons. The highest BCUT2D eigenvalue weighted by Crippen LogP contribution is 2.32. The van der Waals surface area contributed by atoms with E-state index in [1.807, 2.05) is 42.5 Å². The van der Waals surface area contributed by atoms with Gasteiger partial charge in [-0.05, 0) is 36.4 Å². The van der Waals surface area contributed by atoms with E-state index >= 15 is 0 Å². The van der Waals surface area contributed by atoms with E-state index in [4.69, 9.17) is 11.6 Å². The molecule has 0 saturated carbocycles. The van der Waals surface area contributed by atoms with Crippen molar-refractivity contribution in [2.24, 2.45) is 0 Å². The number of nitrogens with zero attached hydrogens (tertiary/aromatic N) is 4. The van der Waals surface area contributed by atoms with Gasteiger partial charge in [0.15, 0.2) is 11.0 Å². The number of carbonyl (C=O) groups excluding carboxylic acids is 1. The van der Waals surface area contributed by atoms with E-state index in [1.54, 1.807) is 46.8 Å². The molecule has 3 aromatic carbocycles. The number of hydrogen-bond acceptors (Lipinski definition) is 4. The molecule has 1 amide bonds. The zero-order valence-corrected chi connectivity index (χ0v) is 18.1. The summed E-state index contributed by atoms with van der Waals surface area (Å²) >= 11 is 7.55. The van der Waals surface area contributed by atoms with Gasteiger partial charge in [-0.1, -0.05) is 65.8 Å². The fourth-order valence-corrected chi connectivity index (χ4v) is 4.13. The zero-order chi connectivity index (χ0) is 21.8. The molecular formula is C23H18ClFN4OS. The second kappa shape index (κ2) is 9.32. The monoisotopic (exact) mass is 452 g/mol. The number of amides is 1. The Morgan fingerprint density at radius 3 is 2.42 bits per heavy atom. The van der Waals surface area contributed by atoms with Crippen molar-refractivity contribution >= 4 is 35.0 Å². The summed E-state index contributed by atoms with van der Waals surface area (Å²) in [4.78, 5) is 14.3. The predicted molar refractivity (Wildman–Crippen MR) is 122 cm³/mol. The van der Waals surface area contributed by atoms with E-state index in [2.05, 4.69) is 10.2 Å². The maximum Gasteiger partial charge on any atom is 0.237 e. The highest BCUT2D eigenvalue weighted by molar-refractivity contribution is 7.99. The molecule has 0 spiro atoms. The summed E-state index contributed by atoms with van der Waals surface area (Å²) in [6.07, 6.45) is 0. The first kappa shape index (κ1) is 21.1. The van der Waals surface area contributed by atoms with Gasteiger partial charge in [-0.15, -0.1) is 10.2 Å². The van der Waals surface area contributed by atoms with Gasteiger partial charge in [0.25, 0.3) is 0 Å². The van der Waals surface area contributed by atoms with Crippen molar-refractivity contribution in [2.45, 2.75) is 5.16 Å². The number of anilines is 1. The van der Waals surface area contributed by atoms with E-state index < -0.39 is 5.82 Å². The summed E-state index contributed by atoms with van der Waals surface area (Å²) in [6, 6.07) is 22.9. The molecule has 0 N–H and O–H groups in total. The number of carbonyl (C=O) groups is 1. The Kier molecular flexibility index (Phi) is 6.34. The number of rotatable bonds is 6. The van der Waals surface area contributed by atoms with Crippen molar-refractivity contribution < 1.29 is 9.18 Å². The highest BCUT2D eigenvalue weighted by Gasteiger charge is 2.21. The molecule has 1 aromatic heterocycles. The molecular weight excluding hydrogens is 435 g/mol. The Hall–Kier alpha value is -3.16. The molecule has 8 heteroatoms. The van der Waals surface area contributed by atoms with Crippen LogP contribution in [0.15, 0.2) is 84.0 Å². The Bertz CT molecular complexity index is 1220. The fraction of sp³-hybridized carbons (Fsp3) is 0.0870. The average molecular weight is 453 g/mol. The molecule has 4 rings (SSSR count). The first-order chi connectivity index (χ1) is 15.1. The molecule has 0 bridgehead atoms. The van der Waals surface area contributed by atoms with Crippen LogP contribution in [0.4, 0.5) is 10.1 Å². The largest absolute Gasteiger partial charge is 0.315 e. The smallest absolute Gasteiger partial charge is 0.237 e. The molecule has 31 heavy (non-hydrogen) atoms. The lowest BCUT2D eigenvalue weighted by Crippen LogP contribution is -2.27. The number of hydrogen-bond donors (Lipinski definition) is 0. The van der Waals surface area contributed by atoms with Gasteiger partial charge in [0.2, 0.25) is 5.91 Å². The number of para-hydroxylation sites is 2. The summed E-state index contributed by atoms with van der Waals surface area (Å²) in [5.41, 5.74) is 1.70. The molecule has 0 aliphatic carbocycles. The fourth-order valence-electron chi connectivity index (χ4n) is 3.05. The van der Waals surface area contributed by atoms with Crippen LogP contribution in [0, 0.1) is 5.82 Å². The van der Waals surface area contributed by atoms with Crippen LogP contribution in [0.5, 0.6) is 0 Å². The van der Waals surface area contributed by atoms with Crippen LogP contribution in [-0.4, -0.2) is 33.5 Å². The molecule has 5 nitrogen and oxygen atoms in total. The van der Waals surface area contributed by atoms with Crippen LogP contribution in [-0.2, 0) is 4.79 Å². The van der Waals surface area contributed by atoms with Gasteiger partial charge in [-0.3, -0.25) is 9.36 Å². The molecule has 1 heterocycles. The maximum atomic E-state index is 14.7. The summed E-state index contributed by atoms with van der Waals surface area (Å²) in [6.45, 7) is 0. The van der Waals surface area contributed by atoms with Gasteiger partial charge in [0.05, 0.1) is 16.5 Å². The Balaban J connectivity index is 1.68. The van der Waals surface area contributed by atoms with Crippen LogP contribution in [0.3, 0.4) is 0 Å². The minimum atomic E-state index is -0.426. The van der Waals surface area contributed by atoms with E-state index in [-0.39, 0.29) is 17.3 Å². The van der Waals surface area contributed by atoms with Crippen LogP contribution in [0.1, 0.15) is 0 Å². The molecule has 0 aliphatic rings. The molecule has 0 fully saturated rings. The zero-order valence-electron chi connectivity index (χ0n) is 16.6. The number of aromatic nitrogens is 3. The summed E-state index contributed by atoms with van der Waals surface area (Å²) in [5, 5.41) is 9.37. The van der Waals surface area contributed by atoms with Crippen molar-refractivity contribution in [2.75, 3.05) is 17.7 Å². The van der Waals surface area contributed by atoms with E-state index in [0.717, 1.165) is 5.69 Å². The molecule has 0 atom stereocenters. The van der Waals surface area contributed by atoms with Crippen molar-refractivity contribution in [3.8, 4) is 17.1 Å². The number of benzene rings is 3. The lowest BCUT2D eigenvalue weighted by Gasteiger charge is -2.17. The molecule has 0 aliphatic heterocycles. The van der Waals surface area contributed by atoms with Crippen LogP contribution < -0.4 is 4.90 Å². The number of halogens is 2. The Morgan fingerprint density at radius 1 is 1.00 bits per heavy atom. The first-order valence-electron chi connectivity index (χ1n) is 9.46. The molecule has 0 saturated heterocycles. The minimum Gasteiger partial charge on any atom is -0.315 e. The van der Waals surface area contributed by atoms with Gasteiger partial charge < -0.3 is 4.90 Å². The van der Waals surface area contributed by atoms with Crippen LogP contribution >= 0.6 is 23.4 Å². The minimum absolute atomic E-state index is 0.112. The normalized spacial score (nSPS) is 10.8. The second-order valence-electron chi connectivity index (χ2n) is 6.65. The summed E-state index contributed by atoms with van der Waals surface area (Å²) in [7, 11) is 1.72. The standard InChI is InChI=1S/C23H18ClFN4OS/c1-28(16-9-3-2-4-10-16)21(30)15-31-23-27-26-22(17-11-5-6-12-18(17)24)29(23)20-14-8-7-13-19(20)25/h2-14H,15H2,1H3. The van der Waals surface area contributed by atoms with Gasteiger partial charge in [-0.2, -0.15) is 0 Å². The Labute approximate surface area is 188 Å². The number of thioether (sulfide) groups is 1. The van der Waals surface area contributed by atoms with Gasteiger partial charge in [-0.25, -0.2) is 4.39 Å². The van der Waals surface area contributed by atoms with Gasteiger partial charge >= 0.3 is 0 Å². The lowest BCUT2D eigenvalue weighted by atomic mass is 10.2. The second-order valence-corrected chi connectivity index (χ2v) is 8.00. The van der Waals surface area contributed by atoms with Crippen LogP contribution in [0.2, 0.25) is 5.02 Å². The highest BCUT2D eigenvalue weighted by atomic mass is 35.5. The SMILES string of the molecule is CN(C(=O)CSc1nnc(-c2ccccc2Cl)n1-c1ccccc1F)c1ccccc1. The summed E-state index contributed by atoms with van der Waals surface area (Å²) in [5.74, 6) is -0.0219. The topological polar surface area (TPSA) is 51.0 Å². The quantitative estimate of drug-likeness (QED) is 0.363. The molecule has 0 radical (unpaired) electrons. The first-order valence-corrected chi connectivity index (χ1v) is 10.8. The van der Waals surface area contributed by atoms with Crippen molar-refractivity contribution in [1.82, 2.24) is 14.8 Å². The molecule has 4 aromatic rings. The van der Waals surface area contributed by atoms with Crippen molar-refractivity contribution in [1.29, 1.82) is 0 Å². The predicted octanol–water partition coefficient (Wildman–Crippen LogP) is 5.48. The Morgan fingerprint density at radius 2 is 1.68 bits per heavy atom. The third kappa shape index (κ3) is 4.47. The lowest BCUT2D eigenvalue weighted by molar-refractivity contribution is -0.115. The maximum absolute atomic E-state index is 14.7. The molecule has 0 unspecified atom stereocenters. The van der Waals surface area contributed by atoms with Gasteiger partial charge in [0.1, 0.15) is 5.82 Å². The van der Waals surface area contributed by atoms with E-state index in [0.29, 0.717) is 21.6 Å². The summed E-state index contributed by atoms with van der Waals surface area (Å²) < 4.78 is 16.3. The van der Waals surface area contributed by atoms with Crippen molar-refractivity contribution in [3.63, 3.8) is 0 Å². The van der Waals surface area contributed by atoms with E-state index in [1.165, 1.54) is 17.8 Å². The third-order valence-corrected chi connectivity index (χ3v) is 5.93. The average Bonchev–Trinajstić information content (AvgIpc) is 3.21. The van der Waals surface area contributed by atoms with Crippen molar-refractivity contribution in [3.05, 3.63) is 89.7 Å². The van der Waals surface area contributed by atoms with E-state index in [9.17, 15) is 9.18 Å².